The van der Waals surface area contributed by atoms with Gasteiger partial charge in [0, 0.05) is 23.0 Å². The molecule has 0 aromatic heterocycles. The van der Waals surface area contributed by atoms with Gasteiger partial charge in [-0.15, -0.1) is 12.3 Å². The lowest BCUT2D eigenvalue weighted by molar-refractivity contribution is 0.564. The first-order valence-corrected chi connectivity index (χ1v) is 6.75. The van der Waals surface area contributed by atoms with Gasteiger partial charge in [-0.25, -0.2) is 0 Å². The van der Waals surface area contributed by atoms with Crippen LogP contribution in [0.3, 0.4) is 0 Å². The average Bonchev–Trinajstić information content (AvgIpc) is 2.13. The van der Waals surface area contributed by atoms with Crippen LogP contribution in [0.1, 0.15) is 47.0 Å². The Hall–Kier alpha value is -0.130. The molecule has 1 N–H and O–H groups in total. The van der Waals surface area contributed by atoms with E-state index in [1.807, 2.05) is 11.8 Å². The third-order valence-electron chi connectivity index (χ3n) is 2.01. The summed E-state index contributed by atoms with van der Waals surface area (Å²) < 4.78 is 0.374. The first-order chi connectivity index (χ1) is 6.95. The molecule has 0 rings (SSSR count). The molecule has 88 valence electrons. The Kier molecular flexibility index (Phi) is 8.00. The molecule has 0 aromatic rings. The molecule has 1 atom stereocenters. The highest BCUT2D eigenvalue weighted by molar-refractivity contribution is 8.00. The number of unbranched alkanes of at least 4 members (excludes halogenated alkanes) is 2. The summed E-state index contributed by atoms with van der Waals surface area (Å²) in [5.41, 5.74) is 0. The summed E-state index contributed by atoms with van der Waals surface area (Å²) in [7, 11) is 0. The fourth-order valence-electron chi connectivity index (χ4n) is 1.13. The molecule has 1 nitrogen and oxygen atoms in total. The second kappa shape index (κ2) is 8.07. The van der Waals surface area contributed by atoms with Gasteiger partial charge < -0.3 is 5.32 Å². The summed E-state index contributed by atoms with van der Waals surface area (Å²) >= 11 is 2.02. The maximum Gasteiger partial charge on any atom is 0.0130 e. The number of rotatable bonds is 7. The highest BCUT2D eigenvalue weighted by atomic mass is 32.2. The van der Waals surface area contributed by atoms with E-state index in [0.717, 1.165) is 19.4 Å². The summed E-state index contributed by atoms with van der Waals surface area (Å²) in [6, 6.07) is 0.597. The van der Waals surface area contributed by atoms with Crippen molar-refractivity contribution >= 4 is 11.8 Å². The van der Waals surface area contributed by atoms with Crippen LogP contribution >= 0.6 is 11.8 Å². The molecule has 0 bridgehead atoms. The molecule has 15 heavy (non-hydrogen) atoms. The van der Waals surface area contributed by atoms with Gasteiger partial charge in [-0.05, 0) is 26.3 Å². The van der Waals surface area contributed by atoms with E-state index in [2.05, 4.69) is 38.9 Å². The molecule has 1 unspecified atom stereocenters. The van der Waals surface area contributed by atoms with Crippen molar-refractivity contribution in [2.24, 2.45) is 0 Å². The molecule has 0 radical (unpaired) electrons. The van der Waals surface area contributed by atoms with Gasteiger partial charge >= 0.3 is 0 Å². The van der Waals surface area contributed by atoms with E-state index in [9.17, 15) is 0 Å². The highest BCUT2D eigenvalue weighted by Gasteiger charge is 2.12. The molecule has 0 amide bonds. The number of hydrogen-bond donors (Lipinski definition) is 1. The summed E-state index contributed by atoms with van der Waals surface area (Å²) in [5, 5.41) is 3.52. The lowest BCUT2D eigenvalue weighted by Crippen LogP contribution is -2.30. The first kappa shape index (κ1) is 14.9. The second-order valence-electron chi connectivity index (χ2n) is 4.94. The van der Waals surface area contributed by atoms with Gasteiger partial charge in [0.15, 0.2) is 0 Å². The molecular formula is C13H25NS. The van der Waals surface area contributed by atoms with Crippen molar-refractivity contribution in [3.8, 4) is 12.3 Å². The minimum atomic E-state index is 0.374. The van der Waals surface area contributed by atoms with Crippen molar-refractivity contribution in [1.82, 2.24) is 5.32 Å². The van der Waals surface area contributed by atoms with Gasteiger partial charge in [-0.2, -0.15) is 11.8 Å². The van der Waals surface area contributed by atoms with E-state index < -0.39 is 0 Å². The normalized spacial score (nSPS) is 13.5. The Morgan fingerprint density at radius 1 is 1.33 bits per heavy atom. The predicted molar refractivity (Wildman–Crippen MR) is 72.4 cm³/mol. The molecule has 0 aliphatic heterocycles. The number of hydrogen-bond acceptors (Lipinski definition) is 2. The van der Waals surface area contributed by atoms with E-state index in [-0.39, 0.29) is 0 Å². The quantitative estimate of drug-likeness (QED) is 0.529. The average molecular weight is 227 g/mol. The van der Waals surface area contributed by atoms with E-state index >= 15 is 0 Å². The topological polar surface area (TPSA) is 12.0 Å². The van der Waals surface area contributed by atoms with E-state index in [1.54, 1.807) is 0 Å². The van der Waals surface area contributed by atoms with Crippen molar-refractivity contribution in [3.05, 3.63) is 0 Å². The standard InChI is InChI=1S/C13H25NS/c1-6-7-8-9-10-14-12(2)11-15-13(3,4)5/h1,12,14H,7-11H2,2-5H3. The molecule has 0 spiro atoms. The number of thioether (sulfide) groups is 1. The van der Waals surface area contributed by atoms with Gasteiger partial charge in [-0.1, -0.05) is 20.8 Å². The largest absolute Gasteiger partial charge is 0.313 e. The second-order valence-corrected chi connectivity index (χ2v) is 6.79. The number of terminal acetylenes is 1. The number of nitrogens with one attached hydrogen (secondary N) is 1. The Morgan fingerprint density at radius 2 is 2.00 bits per heavy atom. The molecule has 0 fully saturated rings. The summed E-state index contributed by atoms with van der Waals surface area (Å²) in [6.07, 6.45) is 8.43. The van der Waals surface area contributed by atoms with E-state index in [1.165, 1.54) is 12.2 Å². The minimum Gasteiger partial charge on any atom is -0.313 e. The van der Waals surface area contributed by atoms with Crippen molar-refractivity contribution in [2.45, 2.75) is 57.7 Å². The SMILES string of the molecule is C#CCCCCNC(C)CSC(C)(C)C. The van der Waals surface area contributed by atoms with Crippen LogP contribution in [0.4, 0.5) is 0 Å². The van der Waals surface area contributed by atoms with Crippen LogP contribution in [0.25, 0.3) is 0 Å². The van der Waals surface area contributed by atoms with Crippen molar-refractivity contribution in [1.29, 1.82) is 0 Å². The Bertz CT molecular complexity index is 188. The Morgan fingerprint density at radius 3 is 2.53 bits per heavy atom. The summed E-state index contributed by atoms with van der Waals surface area (Å²) in [6.45, 7) is 10.1. The summed E-state index contributed by atoms with van der Waals surface area (Å²) in [5.74, 6) is 3.85. The molecular weight excluding hydrogens is 202 g/mol. The molecule has 0 aliphatic rings. The van der Waals surface area contributed by atoms with Crippen LogP contribution in [-0.2, 0) is 0 Å². The molecule has 0 aromatic carbocycles. The van der Waals surface area contributed by atoms with Gasteiger partial charge in [0.05, 0.1) is 0 Å². The maximum atomic E-state index is 5.19. The third kappa shape index (κ3) is 11.8. The Balaban J connectivity index is 3.34. The summed E-state index contributed by atoms with van der Waals surface area (Å²) in [4.78, 5) is 0. The zero-order chi connectivity index (χ0) is 11.7. The van der Waals surface area contributed by atoms with Crippen molar-refractivity contribution < 1.29 is 0 Å². The smallest absolute Gasteiger partial charge is 0.0130 e. The van der Waals surface area contributed by atoms with Crippen molar-refractivity contribution in [2.75, 3.05) is 12.3 Å². The lowest BCUT2D eigenvalue weighted by atomic mass is 10.2. The van der Waals surface area contributed by atoms with Gasteiger partial charge in [-0.3, -0.25) is 0 Å². The van der Waals surface area contributed by atoms with E-state index in [0.29, 0.717) is 10.8 Å². The lowest BCUT2D eigenvalue weighted by Gasteiger charge is -2.21. The van der Waals surface area contributed by atoms with Gasteiger partial charge in [0.1, 0.15) is 0 Å². The van der Waals surface area contributed by atoms with Gasteiger partial charge in [0.25, 0.3) is 0 Å². The van der Waals surface area contributed by atoms with Crippen LogP contribution in [0, 0.1) is 12.3 Å². The third-order valence-corrected chi connectivity index (χ3v) is 3.54. The zero-order valence-corrected chi connectivity index (χ0v) is 11.4. The fraction of sp³-hybridized carbons (Fsp3) is 0.846. The van der Waals surface area contributed by atoms with E-state index in [4.69, 9.17) is 6.42 Å². The molecule has 0 heterocycles. The minimum absolute atomic E-state index is 0.374. The van der Waals surface area contributed by atoms with Crippen LogP contribution in [0.15, 0.2) is 0 Å². The monoisotopic (exact) mass is 227 g/mol. The van der Waals surface area contributed by atoms with Crippen LogP contribution in [0.5, 0.6) is 0 Å². The van der Waals surface area contributed by atoms with Crippen molar-refractivity contribution in [3.63, 3.8) is 0 Å². The highest BCUT2D eigenvalue weighted by Crippen LogP contribution is 2.23. The molecule has 2 heteroatoms. The van der Waals surface area contributed by atoms with Crippen LogP contribution < -0.4 is 5.32 Å². The van der Waals surface area contributed by atoms with Gasteiger partial charge in [0.2, 0.25) is 0 Å². The Labute approximate surface area is 99.8 Å². The first-order valence-electron chi connectivity index (χ1n) is 5.76. The molecule has 0 saturated carbocycles. The van der Waals surface area contributed by atoms with Crippen LogP contribution in [-0.4, -0.2) is 23.1 Å². The molecule has 0 aliphatic carbocycles. The zero-order valence-electron chi connectivity index (χ0n) is 10.6. The van der Waals surface area contributed by atoms with Crippen LogP contribution in [0.2, 0.25) is 0 Å². The molecule has 0 saturated heterocycles. The fourth-order valence-corrected chi connectivity index (χ4v) is 2.00. The maximum absolute atomic E-state index is 5.19. The predicted octanol–water partition coefficient (Wildman–Crippen LogP) is 3.30.